The van der Waals surface area contributed by atoms with E-state index in [-0.39, 0.29) is 11.6 Å². The topological polar surface area (TPSA) is 53.5 Å². The average molecular weight is 430 g/mol. The molecule has 160 valence electrons. The molecule has 0 rings (SSSR count). The van der Waals surface area contributed by atoms with Crippen molar-refractivity contribution in [2.45, 2.75) is 83.1 Å². The normalized spacial score (nSPS) is 15.9. The molecule has 0 aromatic carbocycles. The third kappa shape index (κ3) is 12.0. The molecule has 0 saturated carbocycles. The Hall–Kier alpha value is -0.243. The fourth-order valence-electron chi connectivity index (χ4n) is 1.49. The highest BCUT2D eigenvalue weighted by Crippen LogP contribution is 2.36. The minimum absolute atomic E-state index is 0.0784. The molecule has 1 N–H and O–H groups in total. The maximum absolute atomic E-state index is 12.4. The average Bonchev–Trinajstić information content (AvgIpc) is 2.44. The summed E-state index contributed by atoms with van der Waals surface area (Å²) in [5.41, 5.74) is 0. The van der Waals surface area contributed by atoms with Crippen molar-refractivity contribution in [1.29, 1.82) is 0 Å². The van der Waals surface area contributed by atoms with Crippen LogP contribution in [0.25, 0.3) is 0 Å². The molecule has 0 aromatic heterocycles. The molecule has 0 aliphatic heterocycles. The first-order valence-corrected chi connectivity index (χ1v) is 13.0. The summed E-state index contributed by atoms with van der Waals surface area (Å²) in [4.78, 5) is 0. The van der Waals surface area contributed by atoms with Gasteiger partial charge in [0, 0.05) is 30.5 Å². The molecule has 0 amide bonds. The Morgan fingerprint density at radius 2 is 1.63 bits per heavy atom. The SMILES string of the molecule is CC(C)(C)[S+]([O-])N[C@@H](C#CC(F)(F)F)COCCCO[Si](C)(C)C(C)(C)C. The number of ether oxygens (including phenoxy) is 1. The van der Waals surface area contributed by atoms with Crippen LogP contribution in [0.3, 0.4) is 0 Å². The Morgan fingerprint density at radius 1 is 1.07 bits per heavy atom. The van der Waals surface area contributed by atoms with Gasteiger partial charge in [0.15, 0.2) is 8.32 Å². The van der Waals surface area contributed by atoms with Gasteiger partial charge in [-0.15, -0.1) is 4.72 Å². The summed E-state index contributed by atoms with van der Waals surface area (Å²) >= 11 is -1.55. The van der Waals surface area contributed by atoms with Gasteiger partial charge >= 0.3 is 6.18 Å². The maximum Gasteiger partial charge on any atom is 0.457 e. The van der Waals surface area contributed by atoms with Crippen molar-refractivity contribution in [3.05, 3.63) is 0 Å². The molecule has 1 unspecified atom stereocenters. The van der Waals surface area contributed by atoms with E-state index in [9.17, 15) is 17.7 Å². The van der Waals surface area contributed by atoms with Crippen LogP contribution in [0.15, 0.2) is 0 Å². The summed E-state index contributed by atoms with van der Waals surface area (Å²) in [5.74, 6) is 3.29. The zero-order valence-electron chi connectivity index (χ0n) is 17.7. The lowest BCUT2D eigenvalue weighted by Gasteiger charge is -2.36. The third-order valence-electron chi connectivity index (χ3n) is 4.18. The van der Waals surface area contributed by atoms with E-state index in [1.54, 1.807) is 20.8 Å². The van der Waals surface area contributed by atoms with Crippen LogP contribution in [0.5, 0.6) is 0 Å². The van der Waals surface area contributed by atoms with Crippen LogP contribution in [0.4, 0.5) is 13.2 Å². The van der Waals surface area contributed by atoms with Crippen LogP contribution in [-0.2, 0) is 20.5 Å². The molecule has 0 aliphatic carbocycles. The number of alkyl halides is 3. The summed E-state index contributed by atoms with van der Waals surface area (Å²) in [5, 5.41) is 0.118. The van der Waals surface area contributed by atoms with E-state index < -0.39 is 36.6 Å². The Labute approximate surface area is 166 Å². The van der Waals surface area contributed by atoms with Gasteiger partial charge in [-0.05, 0) is 45.3 Å². The van der Waals surface area contributed by atoms with E-state index in [1.807, 2.05) is 0 Å². The highest BCUT2D eigenvalue weighted by molar-refractivity contribution is 7.90. The van der Waals surface area contributed by atoms with Crippen molar-refractivity contribution in [2.75, 3.05) is 19.8 Å². The van der Waals surface area contributed by atoms with Crippen molar-refractivity contribution in [2.24, 2.45) is 0 Å². The minimum Gasteiger partial charge on any atom is -0.598 e. The summed E-state index contributed by atoms with van der Waals surface area (Å²) in [6.07, 6.45) is -3.96. The van der Waals surface area contributed by atoms with Crippen LogP contribution in [0.2, 0.25) is 18.1 Å². The van der Waals surface area contributed by atoms with Crippen molar-refractivity contribution >= 4 is 19.7 Å². The maximum atomic E-state index is 12.4. The molecule has 2 atom stereocenters. The van der Waals surface area contributed by atoms with Crippen molar-refractivity contribution in [1.82, 2.24) is 4.72 Å². The quantitative estimate of drug-likeness (QED) is 0.255. The second kappa shape index (κ2) is 10.5. The van der Waals surface area contributed by atoms with Gasteiger partial charge in [0.25, 0.3) is 0 Å². The third-order valence-corrected chi connectivity index (χ3v) is 10.3. The fourth-order valence-corrected chi connectivity index (χ4v) is 3.31. The van der Waals surface area contributed by atoms with Gasteiger partial charge in [-0.2, -0.15) is 13.2 Å². The Kier molecular flexibility index (Phi) is 10.4. The number of hydrogen-bond acceptors (Lipinski definition) is 4. The molecule has 27 heavy (non-hydrogen) atoms. The van der Waals surface area contributed by atoms with E-state index in [0.717, 1.165) is 0 Å². The summed E-state index contributed by atoms with van der Waals surface area (Å²) in [6.45, 7) is 16.7. The number of rotatable bonds is 9. The van der Waals surface area contributed by atoms with Gasteiger partial charge in [0.1, 0.15) is 10.8 Å². The molecule has 0 radical (unpaired) electrons. The van der Waals surface area contributed by atoms with Gasteiger partial charge in [-0.1, -0.05) is 26.7 Å². The lowest BCUT2D eigenvalue weighted by atomic mass is 10.2. The Balaban J connectivity index is 4.50. The molecule has 0 heterocycles. The molecular formula is C18H34F3NO3SSi. The van der Waals surface area contributed by atoms with E-state index >= 15 is 0 Å². The Morgan fingerprint density at radius 3 is 2.07 bits per heavy atom. The van der Waals surface area contributed by atoms with Gasteiger partial charge in [-0.3, -0.25) is 0 Å². The predicted molar refractivity (Wildman–Crippen MR) is 107 cm³/mol. The van der Waals surface area contributed by atoms with Crippen LogP contribution < -0.4 is 4.72 Å². The zero-order valence-corrected chi connectivity index (χ0v) is 19.5. The number of nitrogens with one attached hydrogen (secondary N) is 1. The minimum atomic E-state index is -4.60. The highest BCUT2D eigenvalue weighted by atomic mass is 32.2. The standard InChI is InChI=1S/C18H34F3NO3SSi/c1-16(2,3)26(23)22-15(10-11-18(19,20)21)14-24-12-9-13-25-27(7,8)17(4,5)6/h15,22H,9,12-14H2,1-8H3/t15-,26?/m0/s1. The van der Waals surface area contributed by atoms with Crippen LogP contribution in [0, 0.1) is 11.8 Å². The molecule has 0 spiro atoms. The van der Waals surface area contributed by atoms with Crippen molar-refractivity contribution < 1.29 is 26.9 Å². The monoisotopic (exact) mass is 429 g/mol. The molecule has 0 saturated heterocycles. The van der Waals surface area contributed by atoms with Gasteiger partial charge in [0.2, 0.25) is 0 Å². The van der Waals surface area contributed by atoms with E-state index in [1.165, 1.54) is 5.92 Å². The van der Waals surface area contributed by atoms with E-state index in [2.05, 4.69) is 44.5 Å². The molecule has 0 fully saturated rings. The molecule has 9 heteroatoms. The van der Waals surface area contributed by atoms with Crippen LogP contribution in [0.1, 0.15) is 48.0 Å². The highest BCUT2D eigenvalue weighted by Gasteiger charge is 2.36. The first-order chi connectivity index (χ1) is 12.0. The second-order valence-electron chi connectivity index (χ2n) is 8.86. The molecule has 0 aromatic rings. The summed E-state index contributed by atoms with van der Waals surface area (Å²) < 4.78 is 62.6. The van der Waals surface area contributed by atoms with Gasteiger partial charge < -0.3 is 13.7 Å². The van der Waals surface area contributed by atoms with Crippen LogP contribution in [-0.4, -0.2) is 49.7 Å². The molecule has 4 nitrogen and oxygen atoms in total. The predicted octanol–water partition coefficient (Wildman–Crippen LogP) is 4.40. The molecule has 0 aliphatic rings. The number of halogens is 3. The summed E-state index contributed by atoms with van der Waals surface area (Å²) in [7, 11) is -1.82. The lowest BCUT2D eigenvalue weighted by molar-refractivity contribution is -0.0698. The van der Waals surface area contributed by atoms with Gasteiger partial charge in [0.05, 0.1) is 6.61 Å². The smallest absolute Gasteiger partial charge is 0.457 e. The fraction of sp³-hybridized carbons (Fsp3) is 0.889. The Bertz CT molecular complexity index is 505. The second-order valence-corrected chi connectivity index (χ2v) is 15.7. The van der Waals surface area contributed by atoms with Crippen molar-refractivity contribution in [3.8, 4) is 11.8 Å². The summed E-state index contributed by atoms with van der Waals surface area (Å²) in [6, 6.07) is -0.965. The van der Waals surface area contributed by atoms with Crippen LogP contribution >= 0.6 is 0 Å². The molecular weight excluding hydrogens is 395 g/mol. The first kappa shape index (κ1) is 26.8. The van der Waals surface area contributed by atoms with Crippen molar-refractivity contribution in [3.63, 3.8) is 0 Å². The lowest BCUT2D eigenvalue weighted by Crippen LogP contribution is -2.46. The van der Waals surface area contributed by atoms with E-state index in [4.69, 9.17) is 9.16 Å². The largest absolute Gasteiger partial charge is 0.598 e. The zero-order chi connectivity index (χ0) is 21.5. The van der Waals surface area contributed by atoms with E-state index in [0.29, 0.717) is 19.6 Å². The number of hydrogen-bond donors (Lipinski definition) is 1. The van der Waals surface area contributed by atoms with Gasteiger partial charge in [-0.25, -0.2) is 0 Å². The molecule has 0 bridgehead atoms. The first-order valence-electron chi connectivity index (χ1n) is 8.95.